The molecule has 3 N–H and O–H groups in total. The van der Waals surface area contributed by atoms with Gasteiger partial charge in [0.1, 0.15) is 0 Å². The fourth-order valence-electron chi connectivity index (χ4n) is 3.49. The molecule has 0 unspecified atom stereocenters. The number of nitrogens with two attached hydrogens (primary N) is 1. The fourth-order valence-corrected chi connectivity index (χ4v) is 4.36. The van der Waals surface area contributed by atoms with Crippen molar-refractivity contribution in [3.8, 4) is 0 Å². The Kier molecular flexibility index (Phi) is 7.58. The topological polar surface area (TPSA) is 92.5 Å². The van der Waals surface area contributed by atoms with Gasteiger partial charge in [0.15, 0.2) is 0 Å². The van der Waals surface area contributed by atoms with Gasteiger partial charge in [0.2, 0.25) is 15.9 Å². The first kappa shape index (κ1) is 19.7. The summed E-state index contributed by atoms with van der Waals surface area (Å²) in [6.07, 6.45) is 5.98. The lowest BCUT2D eigenvalue weighted by atomic mass is 9.94. The third-order valence-electron chi connectivity index (χ3n) is 4.91. The van der Waals surface area contributed by atoms with Crippen LogP contribution in [-0.4, -0.2) is 51.1 Å². The standard InChI is InChI=1S/C14H27N3O3S.ClH/c1-21(19,20)17-7-5-11(6-8-17)10-16-14(18)13-4-2-3-12(13)9-15;/h11-13H,2-10,15H2,1H3,(H,16,18);1H/t12-,13-;/m1./s1. The molecule has 1 aliphatic heterocycles. The van der Waals surface area contributed by atoms with E-state index in [0.717, 1.165) is 32.1 Å². The predicted octanol–water partition coefficient (Wildman–Crippen LogP) is 0.571. The molecule has 2 aliphatic rings. The second-order valence-electron chi connectivity index (χ2n) is 6.38. The summed E-state index contributed by atoms with van der Waals surface area (Å²) in [5.74, 6) is 0.918. The Morgan fingerprint density at radius 1 is 1.23 bits per heavy atom. The molecular formula is C14H28ClN3O3S. The minimum atomic E-state index is -3.07. The molecule has 0 bridgehead atoms. The first-order chi connectivity index (χ1) is 9.91. The van der Waals surface area contributed by atoms with E-state index in [0.29, 0.717) is 38.0 Å². The van der Waals surface area contributed by atoms with Crippen molar-refractivity contribution >= 4 is 28.3 Å². The molecular weight excluding hydrogens is 326 g/mol. The summed E-state index contributed by atoms with van der Waals surface area (Å²) in [5, 5.41) is 3.05. The zero-order valence-electron chi connectivity index (χ0n) is 13.2. The van der Waals surface area contributed by atoms with Crippen LogP contribution in [0.1, 0.15) is 32.1 Å². The minimum absolute atomic E-state index is 0. The van der Waals surface area contributed by atoms with E-state index in [4.69, 9.17) is 5.73 Å². The molecule has 1 aliphatic carbocycles. The number of rotatable bonds is 5. The highest BCUT2D eigenvalue weighted by molar-refractivity contribution is 7.88. The van der Waals surface area contributed by atoms with Crippen LogP contribution in [0.5, 0.6) is 0 Å². The van der Waals surface area contributed by atoms with Gasteiger partial charge in [-0.05, 0) is 44.1 Å². The van der Waals surface area contributed by atoms with Crippen LogP contribution in [-0.2, 0) is 14.8 Å². The van der Waals surface area contributed by atoms with E-state index in [2.05, 4.69) is 5.32 Å². The van der Waals surface area contributed by atoms with Crippen LogP contribution in [0, 0.1) is 17.8 Å². The molecule has 1 saturated heterocycles. The molecule has 0 aromatic heterocycles. The molecule has 0 aromatic carbocycles. The van der Waals surface area contributed by atoms with Gasteiger partial charge in [-0.15, -0.1) is 12.4 Å². The zero-order valence-corrected chi connectivity index (χ0v) is 14.8. The van der Waals surface area contributed by atoms with Gasteiger partial charge in [-0.3, -0.25) is 4.79 Å². The van der Waals surface area contributed by atoms with E-state index in [1.807, 2.05) is 0 Å². The lowest BCUT2D eigenvalue weighted by Crippen LogP contribution is -2.42. The highest BCUT2D eigenvalue weighted by atomic mass is 35.5. The van der Waals surface area contributed by atoms with Crippen molar-refractivity contribution in [2.45, 2.75) is 32.1 Å². The number of sulfonamides is 1. The Hall–Kier alpha value is -0.370. The van der Waals surface area contributed by atoms with E-state index in [-0.39, 0.29) is 24.2 Å². The maximum atomic E-state index is 12.2. The van der Waals surface area contributed by atoms with Gasteiger partial charge in [-0.1, -0.05) is 6.42 Å². The number of carbonyl (C=O) groups excluding carboxylic acids is 1. The predicted molar refractivity (Wildman–Crippen MR) is 89.3 cm³/mol. The fraction of sp³-hybridized carbons (Fsp3) is 0.929. The highest BCUT2D eigenvalue weighted by Crippen LogP contribution is 2.31. The van der Waals surface area contributed by atoms with Crippen molar-refractivity contribution < 1.29 is 13.2 Å². The summed E-state index contributed by atoms with van der Waals surface area (Å²) in [6, 6.07) is 0. The molecule has 1 amide bonds. The summed E-state index contributed by atoms with van der Waals surface area (Å²) in [7, 11) is -3.07. The Morgan fingerprint density at radius 2 is 1.86 bits per heavy atom. The van der Waals surface area contributed by atoms with Crippen molar-refractivity contribution in [3.05, 3.63) is 0 Å². The van der Waals surface area contributed by atoms with Crippen LogP contribution >= 0.6 is 12.4 Å². The molecule has 1 heterocycles. The van der Waals surface area contributed by atoms with Crippen LogP contribution < -0.4 is 11.1 Å². The van der Waals surface area contributed by atoms with E-state index >= 15 is 0 Å². The molecule has 1 saturated carbocycles. The summed E-state index contributed by atoms with van der Waals surface area (Å²) in [5.41, 5.74) is 5.71. The van der Waals surface area contributed by atoms with Crippen molar-refractivity contribution in [1.82, 2.24) is 9.62 Å². The largest absolute Gasteiger partial charge is 0.356 e. The minimum Gasteiger partial charge on any atom is -0.356 e. The molecule has 2 rings (SSSR count). The second-order valence-corrected chi connectivity index (χ2v) is 8.37. The summed E-state index contributed by atoms with van der Waals surface area (Å²) >= 11 is 0. The Morgan fingerprint density at radius 3 is 2.41 bits per heavy atom. The van der Waals surface area contributed by atoms with Gasteiger partial charge >= 0.3 is 0 Å². The van der Waals surface area contributed by atoms with E-state index in [1.165, 1.54) is 10.6 Å². The molecule has 2 fully saturated rings. The van der Waals surface area contributed by atoms with Gasteiger partial charge in [0.05, 0.1) is 6.26 Å². The molecule has 0 spiro atoms. The average molecular weight is 354 g/mol. The van der Waals surface area contributed by atoms with Crippen molar-refractivity contribution in [2.75, 3.05) is 32.4 Å². The van der Waals surface area contributed by atoms with E-state index < -0.39 is 10.0 Å². The van der Waals surface area contributed by atoms with Gasteiger partial charge in [0, 0.05) is 25.6 Å². The number of halogens is 1. The Labute approximate surface area is 139 Å². The van der Waals surface area contributed by atoms with Crippen LogP contribution in [0.2, 0.25) is 0 Å². The summed E-state index contributed by atoms with van der Waals surface area (Å²) in [6.45, 7) is 2.37. The van der Waals surface area contributed by atoms with Crippen LogP contribution in [0.25, 0.3) is 0 Å². The normalized spacial score (nSPS) is 27.4. The number of carbonyl (C=O) groups is 1. The number of piperidine rings is 1. The van der Waals surface area contributed by atoms with Gasteiger partial charge < -0.3 is 11.1 Å². The lowest BCUT2D eigenvalue weighted by Gasteiger charge is -2.30. The van der Waals surface area contributed by atoms with E-state index in [9.17, 15) is 13.2 Å². The number of nitrogens with zero attached hydrogens (tertiary/aromatic N) is 1. The molecule has 0 radical (unpaired) electrons. The number of hydrogen-bond donors (Lipinski definition) is 2. The van der Waals surface area contributed by atoms with Crippen LogP contribution in [0.3, 0.4) is 0 Å². The molecule has 2 atom stereocenters. The van der Waals surface area contributed by atoms with Gasteiger partial charge in [-0.25, -0.2) is 12.7 Å². The first-order valence-electron chi connectivity index (χ1n) is 7.84. The average Bonchev–Trinajstić information content (AvgIpc) is 2.92. The number of hydrogen-bond acceptors (Lipinski definition) is 4. The molecule has 0 aromatic rings. The molecule has 22 heavy (non-hydrogen) atoms. The van der Waals surface area contributed by atoms with Crippen LogP contribution in [0.4, 0.5) is 0 Å². The van der Waals surface area contributed by atoms with Gasteiger partial charge in [0.25, 0.3) is 0 Å². The summed E-state index contributed by atoms with van der Waals surface area (Å²) < 4.78 is 24.4. The third kappa shape index (κ3) is 5.08. The number of amides is 1. The Bertz CT molecular complexity index is 464. The highest BCUT2D eigenvalue weighted by Gasteiger charge is 2.32. The summed E-state index contributed by atoms with van der Waals surface area (Å²) in [4.78, 5) is 12.2. The molecule has 6 nitrogen and oxygen atoms in total. The molecule has 130 valence electrons. The second kappa shape index (κ2) is 8.47. The number of nitrogens with one attached hydrogen (secondary N) is 1. The Balaban J connectivity index is 0.00000242. The quantitative estimate of drug-likeness (QED) is 0.755. The van der Waals surface area contributed by atoms with Gasteiger partial charge in [-0.2, -0.15) is 0 Å². The SMILES string of the molecule is CS(=O)(=O)N1CCC(CNC(=O)[C@@H]2CCC[C@@H]2CN)CC1.Cl. The van der Waals surface area contributed by atoms with Crippen molar-refractivity contribution in [1.29, 1.82) is 0 Å². The maximum absolute atomic E-state index is 12.2. The zero-order chi connectivity index (χ0) is 15.5. The smallest absolute Gasteiger partial charge is 0.223 e. The first-order valence-corrected chi connectivity index (χ1v) is 9.69. The van der Waals surface area contributed by atoms with Crippen molar-refractivity contribution in [3.63, 3.8) is 0 Å². The molecule has 8 heteroatoms. The van der Waals surface area contributed by atoms with E-state index in [1.54, 1.807) is 0 Å². The third-order valence-corrected chi connectivity index (χ3v) is 6.21. The van der Waals surface area contributed by atoms with Crippen LogP contribution in [0.15, 0.2) is 0 Å². The lowest BCUT2D eigenvalue weighted by molar-refractivity contribution is -0.126. The van der Waals surface area contributed by atoms with Crippen molar-refractivity contribution in [2.24, 2.45) is 23.5 Å². The maximum Gasteiger partial charge on any atom is 0.223 e. The monoisotopic (exact) mass is 353 g/mol.